The summed E-state index contributed by atoms with van der Waals surface area (Å²) in [4.78, 5) is 2.52. The highest BCUT2D eigenvalue weighted by molar-refractivity contribution is 4.91. The van der Waals surface area contributed by atoms with Crippen LogP contribution in [0.5, 0.6) is 0 Å². The predicted molar refractivity (Wildman–Crippen MR) is 41.7 cm³/mol. The smallest absolute Gasteiger partial charge is 0.0105 e. The Morgan fingerprint density at radius 1 is 1.20 bits per heavy atom. The molecular weight excluding hydrogens is 124 g/mol. The van der Waals surface area contributed by atoms with E-state index in [4.69, 9.17) is 5.73 Å². The van der Waals surface area contributed by atoms with E-state index in [1.807, 2.05) is 0 Å². The van der Waals surface area contributed by atoms with Crippen LogP contribution in [0.2, 0.25) is 0 Å². The van der Waals surface area contributed by atoms with Crippen LogP contribution in [0.15, 0.2) is 0 Å². The molecule has 1 saturated heterocycles. The molecule has 0 amide bonds. The van der Waals surface area contributed by atoms with Crippen LogP contribution < -0.4 is 5.73 Å². The summed E-state index contributed by atoms with van der Waals surface area (Å²) in [5.74, 6) is 2.10. The SMILES string of the molecule is NCCN1CC2CCC2C1. The van der Waals surface area contributed by atoms with Gasteiger partial charge in [0.1, 0.15) is 0 Å². The third-order valence-corrected chi connectivity index (χ3v) is 3.01. The van der Waals surface area contributed by atoms with Gasteiger partial charge >= 0.3 is 0 Å². The average Bonchev–Trinajstić information content (AvgIpc) is 2.14. The predicted octanol–water partition coefficient (Wildman–Crippen LogP) is 0.287. The molecule has 0 spiro atoms. The van der Waals surface area contributed by atoms with Crippen LogP contribution in [0, 0.1) is 11.8 Å². The molecule has 10 heavy (non-hydrogen) atoms. The van der Waals surface area contributed by atoms with Crippen LogP contribution in [0.1, 0.15) is 12.8 Å². The molecule has 0 aromatic carbocycles. The molecule has 1 heterocycles. The number of fused-ring (bicyclic) bond motifs is 1. The fourth-order valence-electron chi connectivity index (χ4n) is 2.22. The van der Waals surface area contributed by atoms with Gasteiger partial charge in [-0.1, -0.05) is 0 Å². The summed E-state index contributed by atoms with van der Waals surface area (Å²) in [7, 11) is 0. The minimum atomic E-state index is 0.833. The van der Waals surface area contributed by atoms with E-state index in [1.54, 1.807) is 0 Å². The van der Waals surface area contributed by atoms with Crippen molar-refractivity contribution in [3.63, 3.8) is 0 Å². The van der Waals surface area contributed by atoms with Gasteiger partial charge in [0.2, 0.25) is 0 Å². The van der Waals surface area contributed by atoms with E-state index in [9.17, 15) is 0 Å². The molecular formula is C8H16N2. The van der Waals surface area contributed by atoms with Crippen molar-refractivity contribution in [2.75, 3.05) is 26.2 Å². The molecule has 0 bridgehead atoms. The molecule has 58 valence electrons. The zero-order chi connectivity index (χ0) is 6.97. The fourth-order valence-corrected chi connectivity index (χ4v) is 2.22. The monoisotopic (exact) mass is 140 g/mol. The lowest BCUT2D eigenvalue weighted by Crippen LogP contribution is -2.26. The largest absolute Gasteiger partial charge is 0.329 e. The molecule has 2 rings (SSSR count). The van der Waals surface area contributed by atoms with Crippen molar-refractivity contribution in [1.82, 2.24) is 4.90 Å². The summed E-state index contributed by atoms with van der Waals surface area (Å²) in [5.41, 5.74) is 5.48. The molecule has 1 saturated carbocycles. The number of likely N-dealkylation sites (tertiary alicyclic amines) is 1. The van der Waals surface area contributed by atoms with Gasteiger partial charge < -0.3 is 10.6 Å². The molecule has 2 unspecified atom stereocenters. The molecule has 0 aromatic rings. The maximum absolute atomic E-state index is 5.48. The highest BCUT2D eigenvalue weighted by Crippen LogP contribution is 2.39. The third kappa shape index (κ3) is 0.956. The number of rotatable bonds is 2. The van der Waals surface area contributed by atoms with Gasteiger partial charge in [0.15, 0.2) is 0 Å². The van der Waals surface area contributed by atoms with Gasteiger partial charge in [-0.3, -0.25) is 0 Å². The summed E-state index contributed by atoms with van der Waals surface area (Å²) in [6, 6.07) is 0. The second kappa shape index (κ2) is 2.51. The van der Waals surface area contributed by atoms with Crippen LogP contribution >= 0.6 is 0 Å². The minimum Gasteiger partial charge on any atom is -0.329 e. The average molecular weight is 140 g/mol. The Labute approximate surface area is 62.4 Å². The van der Waals surface area contributed by atoms with Gasteiger partial charge in [-0.2, -0.15) is 0 Å². The van der Waals surface area contributed by atoms with Gasteiger partial charge in [-0.15, -0.1) is 0 Å². The van der Waals surface area contributed by atoms with Crippen molar-refractivity contribution >= 4 is 0 Å². The molecule has 1 aliphatic carbocycles. The Kier molecular flexibility index (Phi) is 1.66. The summed E-state index contributed by atoms with van der Waals surface area (Å²) in [6.45, 7) is 4.62. The zero-order valence-corrected chi connectivity index (χ0v) is 6.42. The van der Waals surface area contributed by atoms with Gasteiger partial charge in [-0.25, -0.2) is 0 Å². The Morgan fingerprint density at radius 3 is 2.20 bits per heavy atom. The second-order valence-corrected chi connectivity index (χ2v) is 3.65. The topological polar surface area (TPSA) is 29.3 Å². The Balaban J connectivity index is 1.81. The van der Waals surface area contributed by atoms with Gasteiger partial charge in [0, 0.05) is 26.2 Å². The van der Waals surface area contributed by atoms with E-state index >= 15 is 0 Å². The normalized spacial score (nSPS) is 39.3. The minimum absolute atomic E-state index is 0.833. The van der Waals surface area contributed by atoms with Crippen LogP contribution in [0.3, 0.4) is 0 Å². The van der Waals surface area contributed by atoms with E-state index in [2.05, 4.69) is 4.90 Å². The standard InChI is InChI=1S/C8H16N2/c9-3-4-10-5-7-1-2-8(7)6-10/h7-8H,1-6,9H2. The van der Waals surface area contributed by atoms with Crippen molar-refractivity contribution in [3.05, 3.63) is 0 Å². The maximum Gasteiger partial charge on any atom is 0.0105 e. The summed E-state index contributed by atoms with van der Waals surface area (Å²) < 4.78 is 0. The maximum atomic E-state index is 5.48. The van der Waals surface area contributed by atoms with Crippen molar-refractivity contribution < 1.29 is 0 Å². The molecule has 0 radical (unpaired) electrons. The van der Waals surface area contributed by atoms with E-state index in [0.29, 0.717) is 0 Å². The van der Waals surface area contributed by atoms with E-state index in [0.717, 1.165) is 24.9 Å². The molecule has 0 aromatic heterocycles. The summed E-state index contributed by atoms with van der Waals surface area (Å²) >= 11 is 0. The Morgan fingerprint density at radius 2 is 1.80 bits per heavy atom. The molecule has 2 nitrogen and oxygen atoms in total. The molecule has 2 heteroatoms. The van der Waals surface area contributed by atoms with Crippen LogP contribution in [-0.4, -0.2) is 31.1 Å². The quantitative estimate of drug-likeness (QED) is 0.597. The molecule has 2 aliphatic rings. The van der Waals surface area contributed by atoms with Gasteiger partial charge in [0.05, 0.1) is 0 Å². The van der Waals surface area contributed by atoms with Gasteiger partial charge in [-0.05, 0) is 24.7 Å². The van der Waals surface area contributed by atoms with Crippen LogP contribution in [0.25, 0.3) is 0 Å². The first-order chi connectivity index (χ1) is 4.90. The van der Waals surface area contributed by atoms with E-state index < -0.39 is 0 Å². The first-order valence-electron chi connectivity index (χ1n) is 4.32. The molecule has 1 aliphatic heterocycles. The van der Waals surface area contributed by atoms with Crippen molar-refractivity contribution in [3.8, 4) is 0 Å². The highest BCUT2D eigenvalue weighted by atomic mass is 15.2. The number of nitrogens with two attached hydrogens (primary N) is 1. The Bertz CT molecular complexity index is 112. The lowest BCUT2D eigenvalue weighted by Gasteiger charge is -2.28. The van der Waals surface area contributed by atoms with Gasteiger partial charge in [0.25, 0.3) is 0 Å². The van der Waals surface area contributed by atoms with Crippen molar-refractivity contribution in [2.45, 2.75) is 12.8 Å². The lowest BCUT2D eigenvalue weighted by atomic mass is 9.77. The van der Waals surface area contributed by atoms with Crippen LogP contribution in [0.4, 0.5) is 0 Å². The summed E-state index contributed by atoms with van der Waals surface area (Å²) in [6.07, 6.45) is 2.96. The fraction of sp³-hybridized carbons (Fsp3) is 1.00. The number of hydrogen-bond donors (Lipinski definition) is 1. The molecule has 2 N–H and O–H groups in total. The second-order valence-electron chi connectivity index (χ2n) is 3.65. The molecule has 2 fully saturated rings. The van der Waals surface area contributed by atoms with Crippen LogP contribution in [-0.2, 0) is 0 Å². The highest BCUT2D eigenvalue weighted by Gasteiger charge is 2.38. The van der Waals surface area contributed by atoms with E-state index in [1.165, 1.54) is 25.9 Å². The first-order valence-corrected chi connectivity index (χ1v) is 4.32. The first kappa shape index (κ1) is 6.62. The van der Waals surface area contributed by atoms with E-state index in [-0.39, 0.29) is 0 Å². The Hall–Kier alpha value is -0.0800. The number of nitrogens with zero attached hydrogens (tertiary/aromatic N) is 1. The number of hydrogen-bond acceptors (Lipinski definition) is 2. The molecule has 2 atom stereocenters. The van der Waals surface area contributed by atoms with Crippen molar-refractivity contribution in [2.24, 2.45) is 17.6 Å². The zero-order valence-electron chi connectivity index (χ0n) is 6.42. The lowest BCUT2D eigenvalue weighted by molar-refractivity contribution is 0.243. The summed E-state index contributed by atoms with van der Waals surface area (Å²) in [5, 5.41) is 0. The third-order valence-electron chi connectivity index (χ3n) is 3.01. The van der Waals surface area contributed by atoms with Crippen molar-refractivity contribution in [1.29, 1.82) is 0 Å².